The molecular formula is C13H19N3O2. The zero-order chi connectivity index (χ0) is 12.5. The van der Waals surface area contributed by atoms with Gasteiger partial charge in [0.05, 0.1) is 6.26 Å². The first-order valence-corrected chi connectivity index (χ1v) is 6.59. The second-order valence-electron chi connectivity index (χ2n) is 5.35. The number of nitrogens with two attached hydrogens (primary N) is 1. The van der Waals surface area contributed by atoms with Crippen molar-refractivity contribution in [1.29, 1.82) is 0 Å². The van der Waals surface area contributed by atoms with Crippen LogP contribution in [0.4, 0.5) is 0 Å². The molecule has 0 bridgehead atoms. The first-order chi connectivity index (χ1) is 8.78. The van der Waals surface area contributed by atoms with Crippen LogP contribution in [0.3, 0.4) is 0 Å². The number of nitrogen functional groups attached to an aromatic ring is 1. The maximum atomic E-state index is 11.5. The number of amides is 1. The second-order valence-corrected chi connectivity index (χ2v) is 5.35. The maximum absolute atomic E-state index is 11.5. The molecule has 0 radical (unpaired) electrons. The highest BCUT2D eigenvalue weighted by Crippen LogP contribution is 2.35. The Hall–Kier alpha value is -1.33. The molecule has 0 saturated heterocycles. The molecule has 0 aliphatic heterocycles. The number of furan rings is 1. The number of carbonyl (C=O) groups excluding carboxylic acids is 1. The molecule has 0 atom stereocenters. The van der Waals surface area contributed by atoms with Gasteiger partial charge in [-0.2, -0.15) is 0 Å². The molecule has 2 saturated carbocycles. The largest absolute Gasteiger partial charge is 0.459 e. The molecule has 3 rings (SSSR count). The molecule has 0 unspecified atom stereocenters. The Labute approximate surface area is 106 Å². The van der Waals surface area contributed by atoms with E-state index in [4.69, 9.17) is 10.3 Å². The molecule has 18 heavy (non-hydrogen) atoms. The minimum Gasteiger partial charge on any atom is -0.459 e. The standard InChI is InChI=1S/C13H19N3O2/c14-15-13(17)12-10(5-6-18-12)8-16(11-3-4-11)7-9-1-2-9/h5-6,9,11H,1-4,7-8,14H2,(H,15,17). The van der Waals surface area contributed by atoms with Gasteiger partial charge in [-0.3, -0.25) is 15.1 Å². The average molecular weight is 249 g/mol. The molecule has 1 heterocycles. The van der Waals surface area contributed by atoms with Crippen molar-refractivity contribution in [3.05, 3.63) is 23.7 Å². The summed E-state index contributed by atoms with van der Waals surface area (Å²) in [6.07, 6.45) is 6.82. The Kier molecular flexibility index (Phi) is 3.09. The van der Waals surface area contributed by atoms with E-state index in [0.29, 0.717) is 11.8 Å². The number of hydrogen-bond acceptors (Lipinski definition) is 4. The fourth-order valence-electron chi connectivity index (χ4n) is 2.36. The number of nitrogens with one attached hydrogen (secondary N) is 1. The van der Waals surface area contributed by atoms with Gasteiger partial charge in [0.15, 0.2) is 5.76 Å². The second kappa shape index (κ2) is 4.74. The van der Waals surface area contributed by atoms with E-state index in [1.165, 1.54) is 25.7 Å². The molecule has 1 aromatic heterocycles. The first-order valence-electron chi connectivity index (χ1n) is 6.59. The van der Waals surface area contributed by atoms with Gasteiger partial charge in [-0.05, 0) is 37.7 Å². The third kappa shape index (κ3) is 2.57. The topological polar surface area (TPSA) is 71.5 Å². The van der Waals surface area contributed by atoms with Crippen LogP contribution in [0.2, 0.25) is 0 Å². The lowest BCUT2D eigenvalue weighted by atomic mass is 10.2. The van der Waals surface area contributed by atoms with Crippen LogP contribution in [0.5, 0.6) is 0 Å². The van der Waals surface area contributed by atoms with E-state index in [1.54, 1.807) is 6.26 Å². The fraction of sp³-hybridized carbons (Fsp3) is 0.615. The van der Waals surface area contributed by atoms with Crippen LogP contribution in [0.15, 0.2) is 16.7 Å². The summed E-state index contributed by atoms with van der Waals surface area (Å²) in [6, 6.07) is 2.57. The van der Waals surface area contributed by atoms with Crippen LogP contribution in [0.1, 0.15) is 41.8 Å². The minimum absolute atomic E-state index is 0.346. The van der Waals surface area contributed by atoms with Crippen molar-refractivity contribution in [2.24, 2.45) is 11.8 Å². The minimum atomic E-state index is -0.350. The van der Waals surface area contributed by atoms with Gasteiger partial charge in [0.1, 0.15) is 0 Å². The molecule has 98 valence electrons. The predicted molar refractivity (Wildman–Crippen MR) is 66.5 cm³/mol. The van der Waals surface area contributed by atoms with Gasteiger partial charge in [-0.1, -0.05) is 0 Å². The van der Waals surface area contributed by atoms with Gasteiger partial charge in [-0.25, -0.2) is 5.84 Å². The monoisotopic (exact) mass is 249 g/mol. The van der Waals surface area contributed by atoms with E-state index in [9.17, 15) is 4.79 Å². The highest BCUT2D eigenvalue weighted by Gasteiger charge is 2.34. The number of hydrazine groups is 1. The smallest absolute Gasteiger partial charge is 0.301 e. The van der Waals surface area contributed by atoms with E-state index in [2.05, 4.69) is 10.3 Å². The summed E-state index contributed by atoms with van der Waals surface area (Å²) in [6.45, 7) is 1.94. The van der Waals surface area contributed by atoms with Gasteiger partial charge in [-0.15, -0.1) is 0 Å². The number of nitrogens with zero attached hydrogens (tertiary/aromatic N) is 1. The lowest BCUT2D eigenvalue weighted by Gasteiger charge is -2.21. The van der Waals surface area contributed by atoms with Gasteiger partial charge in [0, 0.05) is 24.7 Å². The van der Waals surface area contributed by atoms with Gasteiger partial charge in [0.2, 0.25) is 0 Å². The Morgan fingerprint density at radius 3 is 2.83 bits per heavy atom. The van der Waals surface area contributed by atoms with Crippen LogP contribution < -0.4 is 11.3 Å². The molecule has 2 aliphatic rings. The summed E-state index contributed by atoms with van der Waals surface area (Å²) in [5.74, 6) is 6.01. The van der Waals surface area contributed by atoms with Crippen LogP contribution in [-0.2, 0) is 6.54 Å². The fourth-order valence-corrected chi connectivity index (χ4v) is 2.36. The number of hydrogen-bond donors (Lipinski definition) is 2. The van der Waals surface area contributed by atoms with Gasteiger partial charge < -0.3 is 4.42 Å². The molecule has 5 heteroatoms. The Bertz CT molecular complexity index is 435. The summed E-state index contributed by atoms with van der Waals surface area (Å²) in [7, 11) is 0. The number of rotatable bonds is 6. The van der Waals surface area contributed by atoms with E-state index < -0.39 is 0 Å². The van der Waals surface area contributed by atoms with Crippen LogP contribution in [0, 0.1) is 5.92 Å². The van der Waals surface area contributed by atoms with Crippen LogP contribution in [-0.4, -0.2) is 23.4 Å². The van der Waals surface area contributed by atoms with Crippen molar-refractivity contribution in [2.45, 2.75) is 38.3 Å². The van der Waals surface area contributed by atoms with Crippen LogP contribution >= 0.6 is 0 Å². The van der Waals surface area contributed by atoms with Gasteiger partial charge in [0.25, 0.3) is 0 Å². The Morgan fingerprint density at radius 2 is 2.22 bits per heavy atom. The van der Waals surface area contributed by atoms with E-state index in [1.807, 2.05) is 6.07 Å². The molecule has 1 aromatic rings. The SMILES string of the molecule is NNC(=O)c1occc1CN(CC1CC1)C1CC1. The Balaban J connectivity index is 1.69. The lowest BCUT2D eigenvalue weighted by molar-refractivity contribution is 0.0922. The third-order valence-corrected chi connectivity index (χ3v) is 3.71. The summed E-state index contributed by atoms with van der Waals surface area (Å²) < 4.78 is 5.22. The molecular weight excluding hydrogens is 230 g/mol. The van der Waals surface area contributed by atoms with Crippen molar-refractivity contribution in [2.75, 3.05) is 6.54 Å². The summed E-state index contributed by atoms with van der Waals surface area (Å²) in [5, 5.41) is 0. The first kappa shape index (κ1) is 11.7. The maximum Gasteiger partial charge on any atom is 0.301 e. The zero-order valence-corrected chi connectivity index (χ0v) is 10.4. The summed E-state index contributed by atoms with van der Waals surface area (Å²) in [5.41, 5.74) is 3.06. The van der Waals surface area contributed by atoms with E-state index in [-0.39, 0.29) is 5.91 Å². The molecule has 1 amide bonds. The van der Waals surface area contributed by atoms with Crippen molar-refractivity contribution >= 4 is 5.91 Å². The van der Waals surface area contributed by atoms with Gasteiger partial charge >= 0.3 is 5.91 Å². The van der Waals surface area contributed by atoms with Crippen molar-refractivity contribution in [3.63, 3.8) is 0 Å². The number of carbonyl (C=O) groups is 1. The van der Waals surface area contributed by atoms with Crippen molar-refractivity contribution < 1.29 is 9.21 Å². The normalized spacial score (nSPS) is 19.2. The van der Waals surface area contributed by atoms with Crippen molar-refractivity contribution in [1.82, 2.24) is 10.3 Å². The molecule has 2 fully saturated rings. The quantitative estimate of drug-likeness (QED) is 0.452. The van der Waals surface area contributed by atoms with Crippen LogP contribution in [0.25, 0.3) is 0 Å². The molecule has 3 N–H and O–H groups in total. The molecule has 0 spiro atoms. The Morgan fingerprint density at radius 1 is 1.44 bits per heavy atom. The zero-order valence-electron chi connectivity index (χ0n) is 10.4. The molecule has 0 aromatic carbocycles. The van der Waals surface area contributed by atoms with E-state index >= 15 is 0 Å². The molecule has 2 aliphatic carbocycles. The summed E-state index contributed by atoms with van der Waals surface area (Å²) >= 11 is 0. The third-order valence-electron chi connectivity index (χ3n) is 3.71. The highest BCUT2D eigenvalue weighted by atomic mass is 16.3. The average Bonchev–Trinajstić information content (AvgIpc) is 3.27. The van der Waals surface area contributed by atoms with Crippen molar-refractivity contribution in [3.8, 4) is 0 Å². The predicted octanol–water partition coefficient (Wildman–Crippen LogP) is 1.26. The van der Waals surface area contributed by atoms with E-state index in [0.717, 1.165) is 24.6 Å². The molecule has 5 nitrogen and oxygen atoms in total. The summed E-state index contributed by atoms with van der Waals surface area (Å²) in [4.78, 5) is 14.0. The highest BCUT2D eigenvalue weighted by molar-refractivity contribution is 5.92. The lowest BCUT2D eigenvalue weighted by Crippen LogP contribution is -2.32.